The van der Waals surface area contributed by atoms with E-state index in [-0.39, 0.29) is 11.1 Å². The summed E-state index contributed by atoms with van der Waals surface area (Å²) in [4.78, 5) is 33.1. The molecule has 1 aliphatic rings. The molecule has 128 valence electrons. The number of amides is 2. The molecule has 0 spiro atoms. The monoisotopic (exact) mass is 356 g/mol. The second-order valence-electron chi connectivity index (χ2n) is 5.26. The maximum absolute atomic E-state index is 11.5. The molecule has 1 saturated heterocycles. The molecule has 0 radical (unpaired) electrons. The zero-order valence-corrected chi connectivity index (χ0v) is 14.3. The van der Waals surface area contributed by atoms with Crippen LogP contribution >= 0.6 is 11.8 Å². The van der Waals surface area contributed by atoms with Crippen molar-refractivity contribution in [2.24, 2.45) is 0 Å². The molecule has 1 N–H and O–H groups in total. The predicted octanol–water partition coefficient (Wildman–Crippen LogP) is 2.32. The molecule has 2 aromatic rings. The quantitative estimate of drug-likeness (QED) is 0.795. The molecule has 2 amide bonds. The number of imide groups is 1. The molecule has 0 aliphatic carbocycles. The lowest BCUT2D eigenvalue weighted by molar-refractivity contribution is -0.115. The van der Waals surface area contributed by atoms with Crippen LogP contribution in [0.3, 0.4) is 0 Å². The summed E-state index contributed by atoms with van der Waals surface area (Å²) < 4.78 is 5.72. The van der Waals surface area contributed by atoms with Crippen LogP contribution in [0, 0.1) is 0 Å². The summed E-state index contributed by atoms with van der Waals surface area (Å²) in [7, 11) is 1.94. The molecule has 2 heterocycles. The topological polar surface area (TPSA) is 84.4 Å². The number of nitrogens with one attached hydrogen (secondary N) is 1. The molecule has 0 atom stereocenters. The Morgan fingerprint density at radius 1 is 1.24 bits per heavy atom. The van der Waals surface area contributed by atoms with Crippen LogP contribution in [0.4, 0.5) is 10.6 Å². The number of hydrogen-bond donors (Lipinski definition) is 1. The van der Waals surface area contributed by atoms with Crippen molar-refractivity contribution in [2.45, 2.75) is 0 Å². The molecule has 0 bridgehead atoms. The van der Waals surface area contributed by atoms with E-state index < -0.39 is 0 Å². The van der Waals surface area contributed by atoms with Crippen LogP contribution < -0.4 is 15.0 Å². The zero-order chi connectivity index (χ0) is 17.6. The molecular formula is C17H16N4O3S. The first-order valence-electron chi connectivity index (χ1n) is 7.57. The predicted molar refractivity (Wildman–Crippen MR) is 96.3 cm³/mol. The molecule has 1 aromatic carbocycles. The largest absolute Gasteiger partial charge is 0.492 e. The van der Waals surface area contributed by atoms with Gasteiger partial charge in [-0.25, -0.2) is 9.97 Å². The highest BCUT2D eigenvalue weighted by Crippen LogP contribution is 2.26. The van der Waals surface area contributed by atoms with Crippen LogP contribution in [0.1, 0.15) is 5.56 Å². The van der Waals surface area contributed by atoms with E-state index in [0.29, 0.717) is 18.1 Å². The normalized spacial score (nSPS) is 15.3. The van der Waals surface area contributed by atoms with E-state index in [9.17, 15) is 9.59 Å². The minimum absolute atomic E-state index is 0.344. The van der Waals surface area contributed by atoms with Crippen molar-refractivity contribution >= 4 is 34.8 Å². The van der Waals surface area contributed by atoms with Crippen molar-refractivity contribution < 1.29 is 14.3 Å². The van der Waals surface area contributed by atoms with Gasteiger partial charge in [0.1, 0.15) is 24.5 Å². The minimum Gasteiger partial charge on any atom is -0.492 e. The third-order valence-electron chi connectivity index (χ3n) is 3.47. The van der Waals surface area contributed by atoms with E-state index >= 15 is 0 Å². The number of aromatic nitrogens is 2. The minimum atomic E-state index is -0.358. The second-order valence-corrected chi connectivity index (χ2v) is 6.27. The molecule has 1 fully saturated rings. The van der Waals surface area contributed by atoms with E-state index in [2.05, 4.69) is 15.3 Å². The lowest BCUT2D eigenvalue weighted by Gasteiger charge is -2.17. The molecule has 0 unspecified atom stereocenters. The summed E-state index contributed by atoms with van der Waals surface area (Å²) in [5.41, 5.74) is 0.831. The molecule has 7 nitrogen and oxygen atoms in total. The number of carbonyl (C=O) groups excluding carboxylic acids is 2. The summed E-state index contributed by atoms with van der Waals surface area (Å²) >= 11 is 0.902. The average Bonchev–Trinajstić information content (AvgIpc) is 2.94. The van der Waals surface area contributed by atoms with Gasteiger partial charge in [-0.1, -0.05) is 12.1 Å². The van der Waals surface area contributed by atoms with Gasteiger partial charge in [-0.05, 0) is 41.6 Å². The van der Waals surface area contributed by atoms with Crippen LogP contribution in [0.5, 0.6) is 5.75 Å². The number of thioether (sulfide) groups is 1. The zero-order valence-electron chi connectivity index (χ0n) is 13.5. The summed E-state index contributed by atoms with van der Waals surface area (Å²) in [5.74, 6) is 1.21. The molecule has 1 aliphatic heterocycles. The van der Waals surface area contributed by atoms with Gasteiger partial charge < -0.3 is 9.64 Å². The van der Waals surface area contributed by atoms with Crippen molar-refractivity contribution in [1.82, 2.24) is 15.3 Å². The smallest absolute Gasteiger partial charge is 0.290 e. The first kappa shape index (κ1) is 17.0. The van der Waals surface area contributed by atoms with Gasteiger partial charge in [-0.3, -0.25) is 14.9 Å². The third-order valence-corrected chi connectivity index (χ3v) is 4.28. The van der Waals surface area contributed by atoms with Crippen molar-refractivity contribution in [3.8, 4) is 5.75 Å². The van der Waals surface area contributed by atoms with E-state index in [1.165, 1.54) is 6.33 Å². The van der Waals surface area contributed by atoms with Gasteiger partial charge in [0.2, 0.25) is 0 Å². The van der Waals surface area contributed by atoms with E-state index in [1.54, 1.807) is 12.3 Å². The number of benzene rings is 1. The van der Waals surface area contributed by atoms with Crippen molar-refractivity contribution in [3.05, 3.63) is 53.3 Å². The Bertz CT molecular complexity index is 793. The summed E-state index contributed by atoms with van der Waals surface area (Å²) in [6.45, 7) is 1.19. The van der Waals surface area contributed by atoms with Crippen molar-refractivity contribution in [1.29, 1.82) is 0 Å². The van der Waals surface area contributed by atoms with Gasteiger partial charge in [-0.15, -0.1) is 0 Å². The summed E-state index contributed by atoms with van der Waals surface area (Å²) in [6.07, 6.45) is 4.89. The first-order chi connectivity index (χ1) is 12.1. The number of carbonyl (C=O) groups is 2. The maximum atomic E-state index is 11.5. The lowest BCUT2D eigenvalue weighted by atomic mass is 10.2. The number of likely N-dealkylation sites (N-methyl/N-ethyl adjacent to an activating group) is 1. The van der Waals surface area contributed by atoms with Gasteiger partial charge in [0.15, 0.2) is 0 Å². The van der Waals surface area contributed by atoms with E-state index in [0.717, 1.165) is 28.9 Å². The second kappa shape index (κ2) is 7.80. The fourth-order valence-electron chi connectivity index (χ4n) is 2.16. The fourth-order valence-corrected chi connectivity index (χ4v) is 2.84. The van der Waals surface area contributed by atoms with Crippen molar-refractivity contribution in [3.63, 3.8) is 0 Å². The highest BCUT2D eigenvalue weighted by atomic mass is 32.2. The number of anilines is 1. The molecule has 0 saturated carbocycles. The standard InChI is InChI=1S/C17H16N4O3S/c1-21(15-6-7-18-11-19-15)8-9-24-13-4-2-12(3-5-13)10-14-16(22)20-17(23)25-14/h2-7,10-11H,8-9H2,1H3,(H,20,22,23)/b14-10-. The SMILES string of the molecule is CN(CCOc1ccc(/C=C2\SC(=O)NC2=O)cc1)c1ccncn1. The fraction of sp³-hybridized carbons (Fsp3) is 0.176. The summed E-state index contributed by atoms with van der Waals surface area (Å²) in [5, 5.41) is 1.89. The Morgan fingerprint density at radius 3 is 2.68 bits per heavy atom. The molecule has 25 heavy (non-hydrogen) atoms. The van der Waals surface area contributed by atoms with Crippen molar-refractivity contribution in [2.75, 3.05) is 25.1 Å². The van der Waals surface area contributed by atoms with E-state index in [4.69, 9.17) is 4.74 Å². The molecule has 8 heteroatoms. The number of rotatable bonds is 6. The average molecular weight is 356 g/mol. The summed E-state index contributed by atoms with van der Waals surface area (Å²) in [6, 6.07) is 9.18. The molecule has 3 rings (SSSR count). The van der Waals surface area contributed by atoms with E-state index in [1.807, 2.05) is 42.3 Å². The Balaban J connectivity index is 1.52. The number of ether oxygens (including phenoxy) is 1. The Hall–Kier alpha value is -2.87. The van der Waals surface area contributed by atoms with Gasteiger partial charge in [0, 0.05) is 13.2 Å². The van der Waals surface area contributed by atoms with Crippen LogP contribution in [-0.4, -0.2) is 41.3 Å². The highest BCUT2D eigenvalue weighted by molar-refractivity contribution is 8.18. The number of nitrogens with zero attached hydrogens (tertiary/aromatic N) is 3. The van der Waals surface area contributed by atoms with Crippen LogP contribution in [0.25, 0.3) is 6.08 Å². The molecule has 1 aromatic heterocycles. The highest BCUT2D eigenvalue weighted by Gasteiger charge is 2.24. The third kappa shape index (κ3) is 4.57. The Morgan fingerprint density at radius 2 is 2.04 bits per heavy atom. The number of hydrogen-bond acceptors (Lipinski definition) is 7. The maximum Gasteiger partial charge on any atom is 0.290 e. The van der Waals surface area contributed by atoms with Gasteiger partial charge >= 0.3 is 0 Å². The van der Waals surface area contributed by atoms with Crippen LogP contribution in [0.15, 0.2) is 47.8 Å². The van der Waals surface area contributed by atoms with Gasteiger partial charge in [0.25, 0.3) is 11.1 Å². The van der Waals surface area contributed by atoms with Gasteiger partial charge in [-0.2, -0.15) is 0 Å². The van der Waals surface area contributed by atoms with Crippen LogP contribution in [-0.2, 0) is 4.79 Å². The first-order valence-corrected chi connectivity index (χ1v) is 8.38. The Labute approximate surface area is 149 Å². The van der Waals surface area contributed by atoms with Gasteiger partial charge in [0.05, 0.1) is 11.4 Å². The lowest BCUT2D eigenvalue weighted by Crippen LogP contribution is -2.24. The molecular weight excluding hydrogens is 340 g/mol. The Kier molecular flexibility index (Phi) is 5.30. The van der Waals surface area contributed by atoms with Crippen LogP contribution in [0.2, 0.25) is 0 Å².